The van der Waals surface area contributed by atoms with Crippen LogP contribution < -0.4 is 10.2 Å². The Hall–Kier alpha value is -0.374. The van der Waals surface area contributed by atoms with Crippen LogP contribution in [0.3, 0.4) is 0 Å². The number of carboxylic acid groups (broad SMARTS) is 2. The molecule has 0 bridgehead atoms. The van der Waals surface area contributed by atoms with Gasteiger partial charge in [-0.05, 0) is 13.8 Å². The topological polar surface area (TPSA) is 98.7 Å². The predicted molar refractivity (Wildman–Crippen MR) is 48.7 cm³/mol. The third-order valence-electron chi connectivity index (χ3n) is 1.37. The number of rotatable bonds is 4. The largest absolute Gasteiger partial charge is 2.00 e. The number of aliphatic carboxylic acids is 2. The van der Waals surface area contributed by atoms with E-state index in [0.29, 0.717) is 0 Å². The van der Waals surface area contributed by atoms with Crippen LogP contribution in [-0.2, 0) is 19.1 Å². The third-order valence-corrected chi connectivity index (χ3v) is 1.37. The molecule has 2 atom stereocenters. The van der Waals surface area contributed by atoms with Crippen molar-refractivity contribution < 1.29 is 29.3 Å². The number of carboxylic acids is 2. The van der Waals surface area contributed by atoms with Gasteiger partial charge in [-0.15, -0.1) is 0 Å². The Morgan fingerprint density at radius 3 is 1.13 bits per heavy atom. The van der Waals surface area contributed by atoms with Crippen LogP contribution in [0.15, 0.2) is 0 Å². The Morgan fingerprint density at radius 2 is 1.13 bits per heavy atom. The first-order chi connectivity index (χ1) is 6.36. The summed E-state index contributed by atoms with van der Waals surface area (Å²) in [5.41, 5.74) is 0. The van der Waals surface area contributed by atoms with E-state index in [-0.39, 0.29) is 23.1 Å². The zero-order valence-electron chi connectivity index (χ0n) is 9.31. The fourth-order valence-corrected chi connectivity index (χ4v) is 0.192. The van der Waals surface area contributed by atoms with Gasteiger partial charge in [0.05, 0.1) is 24.1 Å². The molecule has 84 valence electrons. The Labute approximate surface area is 105 Å². The van der Waals surface area contributed by atoms with Gasteiger partial charge in [-0.1, -0.05) is 0 Å². The van der Waals surface area contributed by atoms with Gasteiger partial charge in [-0.2, -0.15) is 0 Å². The van der Waals surface area contributed by atoms with Gasteiger partial charge in [0.25, 0.3) is 0 Å². The first kappa shape index (κ1) is 20.1. The number of carbonyl (C=O) groups is 2. The minimum atomic E-state index is -1.18. The van der Waals surface area contributed by atoms with Crippen molar-refractivity contribution in [2.24, 2.45) is 0 Å². The van der Waals surface area contributed by atoms with Gasteiger partial charge in [0.1, 0.15) is 0 Å². The van der Waals surface area contributed by atoms with E-state index in [2.05, 4.69) is 9.47 Å². The summed E-state index contributed by atoms with van der Waals surface area (Å²) in [7, 11) is 2.64. The minimum Gasteiger partial charge on any atom is -0.547 e. The van der Waals surface area contributed by atoms with E-state index >= 15 is 0 Å². The molecular formula is C8H14MgO6. The van der Waals surface area contributed by atoms with Crippen LogP contribution in [0.25, 0.3) is 0 Å². The molecule has 7 heteroatoms. The summed E-state index contributed by atoms with van der Waals surface area (Å²) < 4.78 is 8.70. The molecule has 0 rings (SSSR count). The molecular weight excluding hydrogens is 216 g/mol. The average molecular weight is 230 g/mol. The summed E-state index contributed by atoms with van der Waals surface area (Å²) in [6, 6.07) is 0. The van der Waals surface area contributed by atoms with E-state index in [1.54, 1.807) is 0 Å². The molecule has 0 spiro atoms. The maximum Gasteiger partial charge on any atom is 2.00 e. The second kappa shape index (κ2) is 11.7. The first-order valence-electron chi connectivity index (χ1n) is 3.84. The molecule has 6 nitrogen and oxygen atoms in total. The Bertz CT molecular complexity index is 164. The quantitative estimate of drug-likeness (QED) is 0.483. The maximum atomic E-state index is 9.69. The molecule has 0 aromatic rings. The molecule has 0 aliphatic heterocycles. The Morgan fingerprint density at radius 1 is 0.933 bits per heavy atom. The van der Waals surface area contributed by atoms with Crippen molar-refractivity contribution in [2.45, 2.75) is 26.1 Å². The van der Waals surface area contributed by atoms with E-state index in [1.807, 2.05) is 0 Å². The van der Waals surface area contributed by atoms with E-state index in [1.165, 1.54) is 28.1 Å². The monoisotopic (exact) mass is 230 g/mol. The summed E-state index contributed by atoms with van der Waals surface area (Å²) in [4.78, 5) is 19.4. The van der Waals surface area contributed by atoms with Gasteiger partial charge < -0.3 is 29.3 Å². The molecule has 0 saturated carbocycles. The van der Waals surface area contributed by atoms with Gasteiger partial charge >= 0.3 is 23.1 Å². The molecule has 0 aromatic heterocycles. The Kier molecular flexibility index (Phi) is 15.7. The van der Waals surface area contributed by atoms with E-state index in [4.69, 9.17) is 0 Å². The van der Waals surface area contributed by atoms with Crippen molar-refractivity contribution >= 4 is 35.0 Å². The predicted octanol–water partition coefficient (Wildman–Crippen LogP) is -2.84. The molecule has 15 heavy (non-hydrogen) atoms. The minimum absolute atomic E-state index is 0. The van der Waals surface area contributed by atoms with Crippen LogP contribution in [0.4, 0.5) is 0 Å². The molecule has 0 unspecified atom stereocenters. The molecule has 0 fully saturated rings. The average Bonchev–Trinajstić information content (AvgIpc) is 2.15. The van der Waals surface area contributed by atoms with Crippen molar-refractivity contribution in [3.63, 3.8) is 0 Å². The normalized spacial score (nSPS) is 12.5. The molecule has 0 saturated heterocycles. The van der Waals surface area contributed by atoms with Gasteiger partial charge in [0.2, 0.25) is 0 Å². The summed E-state index contributed by atoms with van der Waals surface area (Å²) in [6.45, 7) is 2.82. The first-order valence-corrected chi connectivity index (χ1v) is 3.84. The van der Waals surface area contributed by atoms with Gasteiger partial charge in [0.15, 0.2) is 0 Å². The van der Waals surface area contributed by atoms with Crippen molar-refractivity contribution in [1.82, 2.24) is 0 Å². The maximum absolute atomic E-state index is 9.69. The SMILES string of the molecule is CO[C@@H](C)C(=O)[O-].CO[C@@H](C)C(=O)[O-].[Mg+2]. The van der Waals surface area contributed by atoms with Crippen molar-refractivity contribution in [3.05, 3.63) is 0 Å². The van der Waals surface area contributed by atoms with Crippen LogP contribution in [0, 0.1) is 0 Å². The second-order valence-electron chi connectivity index (χ2n) is 2.39. The summed E-state index contributed by atoms with van der Waals surface area (Å²) in [5, 5.41) is 19.4. The fraction of sp³-hybridized carbons (Fsp3) is 0.750. The molecule has 0 N–H and O–H groups in total. The van der Waals surface area contributed by atoms with E-state index in [0.717, 1.165) is 0 Å². The summed E-state index contributed by atoms with van der Waals surface area (Å²) >= 11 is 0. The van der Waals surface area contributed by atoms with E-state index in [9.17, 15) is 19.8 Å². The fourth-order valence-electron chi connectivity index (χ4n) is 0.192. The molecule has 0 radical (unpaired) electrons. The van der Waals surface area contributed by atoms with Crippen molar-refractivity contribution in [2.75, 3.05) is 14.2 Å². The number of hydrogen-bond donors (Lipinski definition) is 0. The second-order valence-corrected chi connectivity index (χ2v) is 2.39. The van der Waals surface area contributed by atoms with Crippen molar-refractivity contribution in [3.8, 4) is 0 Å². The molecule has 0 aliphatic rings. The number of ether oxygens (including phenoxy) is 2. The van der Waals surface area contributed by atoms with Crippen LogP contribution in [0.2, 0.25) is 0 Å². The number of carbonyl (C=O) groups excluding carboxylic acids is 2. The van der Waals surface area contributed by atoms with Gasteiger partial charge in [0, 0.05) is 14.2 Å². The zero-order chi connectivity index (χ0) is 11.7. The van der Waals surface area contributed by atoms with Crippen LogP contribution >= 0.6 is 0 Å². The number of methoxy groups -OCH3 is 2. The van der Waals surface area contributed by atoms with Crippen LogP contribution in [0.5, 0.6) is 0 Å². The van der Waals surface area contributed by atoms with Gasteiger partial charge in [-0.3, -0.25) is 0 Å². The third kappa shape index (κ3) is 13.6. The smallest absolute Gasteiger partial charge is 0.547 e. The van der Waals surface area contributed by atoms with E-state index < -0.39 is 24.1 Å². The molecule has 0 amide bonds. The van der Waals surface area contributed by atoms with Crippen LogP contribution in [0.1, 0.15) is 13.8 Å². The standard InChI is InChI=1S/2C4H8O3.Mg/c2*1-3(7-2)4(5)6;/h2*3H,1-2H3,(H,5,6);/q;;+2/p-2/t2*3-;/m00./s1. The molecule has 0 aliphatic carbocycles. The Balaban J connectivity index is -0.000000180. The zero-order valence-corrected chi connectivity index (χ0v) is 10.7. The van der Waals surface area contributed by atoms with Crippen molar-refractivity contribution in [1.29, 1.82) is 0 Å². The summed E-state index contributed by atoms with van der Waals surface area (Å²) in [6.07, 6.45) is -1.58. The molecule has 0 aromatic carbocycles. The van der Waals surface area contributed by atoms with Gasteiger partial charge in [-0.25, -0.2) is 0 Å². The number of hydrogen-bond acceptors (Lipinski definition) is 6. The summed E-state index contributed by atoms with van der Waals surface area (Å²) in [5.74, 6) is -2.36. The van der Waals surface area contributed by atoms with Crippen LogP contribution in [-0.4, -0.2) is 61.4 Å². The molecule has 0 heterocycles.